The van der Waals surface area contributed by atoms with Gasteiger partial charge in [0, 0.05) is 25.7 Å². The first-order valence-electron chi connectivity index (χ1n) is 7.61. The summed E-state index contributed by atoms with van der Waals surface area (Å²) < 4.78 is 13.5. The molecule has 1 aromatic rings. The predicted octanol–water partition coefficient (Wildman–Crippen LogP) is 2.84. The summed E-state index contributed by atoms with van der Waals surface area (Å²) in [6.07, 6.45) is 1.06. The lowest BCUT2D eigenvalue weighted by Gasteiger charge is -2.18. The first kappa shape index (κ1) is 21.1. The van der Waals surface area contributed by atoms with Gasteiger partial charge in [-0.1, -0.05) is 32.0 Å². The Morgan fingerprint density at radius 3 is 2.45 bits per heavy atom. The van der Waals surface area contributed by atoms with Gasteiger partial charge >= 0.3 is 0 Å². The van der Waals surface area contributed by atoms with Gasteiger partial charge in [0.2, 0.25) is 0 Å². The van der Waals surface area contributed by atoms with Crippen molar-refractivity contribution >= 4 is 29.9 Å². The first-order chi connectivity index (χ1) is 10.2. The third-order valence-electron chi connectivity index (χ3n) is 3.47. The Labute approximate surface area is 150 Å². The number of guanidine groups is 1. The maximum atomic E-state index is 13.5. The maximum Gasteiger partial charge on any atom is 0.191 e. The van der Waals surface area contributed by atoms with Crippen molar-refractivity contribution in [1.29, 1.82) is 0 Å². The summed E-state index contributed by atoms with van der Waals surface area (Å²) >= 11 is 0. The Bertz CT molecular complexity index is 436. The van der Waals surface area contributed by atoms with Gasteiger partial charge in [-0.2, -0.15) is 0 Å². The first-order valence-corrected chi connectivity index (χ1v) is 7.61. The van der Waals surface area contributed by atoms with Crippen LogP contribution in [0.15, 0.2) is 29.3 Å². The molecule has 0 fully saturated rings. The predicted molar refractivity (Wildman–Crippen MR) is 102 cm³/mol. The summed E-state index contributed by atoms with van der Waals surface area (Å²) in [6, 6.07) is 6.77. The molecule has 1 rings (SSSR count). The summed E-state index contributed by atoms with van der Waals surface area (Å²) in [5.74, 6) is 0.514. The van der Waals surface area contributed by atoms with E-state index in [4.69, 9.17) is 0 Å². The molecule has 0 saturated carbocycles. The largest absolute Gasteiger partial charge is 0.356 e. The van der Waals surface area contributed by atoms with E-state index in [1.165, 1.54) is 6.07 Å². The van der Waals surface area contributed by atoms with Crippen LogP contribution in [-0.2, 0) is 6.54 Å². The lowest BCUT2D eigenvalue weighted by atomic mass is 10.2. The molecule has 0 aromatic heterocycles. The molecule has 126 valence electrons. The Balaban J connectivity index is 0.00000441. The molecule has 0 radical (unpaired) electrons. The molecule has 0 heterocycles. The molecule has 0 spiro atoms. The zero-order valence-corrected chi connectivity index (χ0v) is 16.1. The molecule has 6 heteroatoms. The number of nitrogens with one attached hydrogen (secondary N) is 2. The minimum Gasteiger partial charge on any atom is -0.356 e. The molecule has 4 nitrogen and oxygen atoms in total. The number of aliphatic imine (C=N–C) groups is 1. The van der Waals surface area contributed by atoms with Crippen molar-refractivity contribution in [2.45, 2.75) is 26.8 Å². The highest BCUT2D eigenvalue weighted by Gasteiger charge is 2.03. The molecular weight excluding hydrogens is 394 g/mol. The molecule has 1 aromatic carbocycles. The van der Waals surface area contributed by atoms with Crippen molar-refractivity contribution in [3.8, 4) is 0 Å². The van der Waals surface area contributed by atoms with Gasteiger partial charge in [-0.25, -0.2) is 4.39 Å². The molecule has 0 unspecified atom stereocenters. The number of hydrogen-bond acceptors (Lipinski definition) is 2. The van der Waals surface area contributed by atoms with Gasteiger partial charge < -0.3 is 15.5 Å². The van der Waals surface area contributed by atoms with Crippen molar-refractivity contribution in [1.82, 2.24) is 15.5 Å². The molecule has 0 aliphatic heterocycles. The van der Waals surface area contributed by atoms with Gasteiger partial charge in [0.1, 0.15) is 5.82 Å². The van der Waals surface area contributed by atoms with E-state index in [1.807, 2.05) is 6.07 Å². The Hall–Kier alpha value is -0.890. The fourth-order valence-electron chi connectivity index (χ4n) is 2.09. The van der Waals surface area contributed by atoms with E-state index in [2.05, 4.69) is 34.4 Å². The Morgan fingerprint density at radius 1 is 1.18 bits per heavy atom. The fraction of sp³-hybridized carbons (Fsp3) is 0.562. The van der Waals surface area contributed by atoms with E-state index in [0.29, 0.717) is 18.1 Å². The Kier molecular flexibility index (Phi) is 12.1. The monoisotopic (exact) mass is 422 g/mol. The number of benzene rings is 1. The third-order valence-corrected chi connectivity index (χ3v) is 3.47. The van der Waals surface area contributed by atoms with E-state index in [0.717, 1.165) is 32.6 Å². The maximum absolute atomic E-state index is 13.5. The lowest BCUT2D eigenvalue weighted by molar-refractivity contribution is 0.300. The van der Waals surface area contributed by atoms with Crippen LogP contribution in [0.3, 0.4) is 0 Å². The van der Waals surface area contributed by atoms with E-state index < -0.39 is 0 Å². The topological polar surface area (TPSA) is 39.7 Å². The van der Waals surface area contributed by atoms with Crippen molar-refractivity contribution in [3.05, 3.63) is 35.6 Å². The molecule has 0 bridgehead atoms. The van der Waals surface area contributed by atoms with E-state index >= 15 is 0 Å². The van der Waals surface area contributed by atoms with Crippen molar-refractivity contribution in [2.24, 2.45) is 4.99 Å². The average Bonchev–Trinajstić information content (AvgIpc) is 2.52. The molecule has 0 aliphatic rings. The normalized spacial score (nSPS) is 11.2. The highest BCUT2D eigenvalue weighted by atomic mass is 127. The number of hydrogen-bond donors (Lipinski definition) is 2. The average molecular weight is 422 g/mol. The standard InChI is InChI=1S/C16H27FN4.HI/c1-4-21(5-2)12-8-11-19-16(18-3)20-13-14-9-6-7-10-15(14)17;/h6-7,9-10H,4-5,8,11-13H2,1-3H3,(H2,18,19,20);1H. The van der Waals surface area contributed by atoms with Crippen molar-refractivity contribution in [2.75, 3.05) is 33.2 Å². The smallest absolute Gasteiger partial charge is 0.191 e. The molecule has 22 heavy (non-hydrogen) atoms. The summed E-state index contributed by atoms with van der Waals surface area (Å²) in [7, 11) is 1.72. The van der Waals surface area contributed by atoms with Crippen molar-refractivity contribution < 1.29 is 4.39 Å². The third kappa shape index (κ3) is 7.93. The van der Waals surface area contributed by atoms with Gasteiger partial charge in [0.25, 0.3) is 0 Å². The van der Waals surface area contributed by atoms with Gasteiger partial charge in [0.15, 0.2) is 5.96 Å². The van der Waals surface area contributed by atoms with E-state index in [-0.39, 0.29) is 29.8 Å². The highest BCUT2D eigenvalue weighted by molar-refractivity contribution is 14.0. The van der Waals surface area contributed by atoms with Crippen LogP contribution in [0.2, 0.25) is 0 Å². The van der Waals surface area contributed by atoms with Crippen LogP contribution in [0.5, 0.6) is 0 Å². The molecule has 0 aliphatic carbocycles. The van der Waals surface area contributed by atoms with Gasteiger partial charge in [-0.3, -0.25) is 4.99 Å². The summed E-state index contributed by atoms with van der Waals surface area (Å²) in [5.41, 5.74) is 0.642. The molecule has 0 amide bonds. The van der Waals surface area contributed by atoms with Crippen LogP contribution in [0, 0.1) is 5.82 Å². The van der Waals surface area contributed by atoms with Crippen LogP contribution in [0.25, 0.3) is 0 Å². The summed E-state index contributed by atoms with van der Waals surface area (Å²) in [6.45, 7) is 8.87. The van der Waals surface area contributed by atoms with E-state index in [9.17, 15) is 4.39 Å². The zero-order chi connectivity index (χ0) is 15.5. The fourth-order valence-corrected chi connectivity index (χ4v) is 2.09. The zero-order valence-electron chi connectivity index (χ0n) is 13.7. The van der Waals surface area contributed by atoms with Crippen molar-refractivity contribution in [3.63, 3.8) is 0 Å². The second-order valence-electron chi connectivity index (χ2n) is 4.82. The second kappa shape index (κ2) is 12.6. The number of halogens is 2. The molecular formula is C16H28FIN4. The molecule has 0 saturated heterocycles. The Morgan fingerprint density at radius 2 is 1.86 bits per heavy atom. The quantitative estimate of drug-likeness (QED) is 0.293. The molecule has 0 atom stereocenters. The van der Waals surface area contributed by atoms with Gasteiger partial charge in [-0.15, -0.1) is 24.0 Å². The van der Waals surface area contributed by atoms with Gasteiger partial charge in [0.05, 0.1) is 0 Å². The van der Waals surface area contributed by atoms with E-state index in [1.54, 1.807) is 19.2 Å². The van der Waals surface area contributed by atoms with Gasteiger partial charge in [-0.05, 0) is 32.1 Å². The SMILES string of the molecule is CCN(CC)CCCNC(=NC)NCc1ccccc1F.I. The lowest BCUT2D eigenvalue weighted by Crippen LogP contribution is -2.38. The van der Waals surface area contributed by atoms with Crippen LogP contribution >= 0.6 is 24.0 Å². The highest BCUT2D eigenvalue weighted by Crippen LogP contribution is 2.05. The number of nitrogens with zero attached hydrogens (tertiary/aromatic N) is 2. The number of rotatable bonds is 8. The summed E-state index contributed by atoms with van der Waals surface area (Å²) in [5, 5.41) is 6.38. The van der Waals surface area contributed by atoms with Crippen LogP contribution in [0.1, 0.15) is 25.8 Å². The second-order valence-corrected chi connectivity index (χ2v) is 4.82. The van der Waals surface area contributed by atoms with Crippen LogP contribution < -0.4 is 10.6 Å². The minimum atomic E-state index is -0.193. The van der Waals surface area contributed by atoms with Crippen LogP contribution in [-0.4, -0.2) is 44.1 Å². The summed E-state index contributed by atoms with van der Waals surface area (Å²) in [4.78, 5) is 6.53. The van der Waals surface area contributed by atoms with Crippen LogP contribution in [0.4, 0.5) is 4.39 Å². The molecule has 2 N–H and O–H groups in total. The minimum absolute atomic E-state index is 0.